The van der Waals surface area contributed by atoms with Gasteiger partial charge >= 0.3 is 7.12 Å². The number of nitrogens with zero attached hydrogens (tertiary/aromatic N) is 7. The number of pyridine rings is 2. The SMILES string of the molecule is C(=C\c1n[nH]c2ccc(-c3ccnc4ccccc34)cc12)/c1ccccc1.CC1(C)OB(c2ccc3c(c2)c(/C=C/c2ccccc2)nn3COCC[Si](C)(C)C)OC1(C)C.C[Si](C)(C)CCOCn1nc(/C=C/c2ccccc2)c2cc(-c3ccnc4ccccc34)ccc21. The zero-order valence-electron chi connectivity index (χ0n) is 56.8. The normalized spacial score (nSPS) is 14.0. The van der Waals surface area contributed by atoms with Crippen LogP contribution in [0, 0.1) is 0 Å². The van der Waals surface area contributed by atoms with Gasteiger partial charge in [0.2, 0.25) is 0 Å². The first-order valence-corrected chi connectivity index (χ1v) is 40.6. The first-order valence-electron chi connectivity index (χ1n) is 33.2. The summed E-state index contributed by atoms with van der Waals surface area (Å²) in [6.07, 6.45) is 16.3. The number of benzene rings is 8. The molecular weight excluding hydrogens is 1220 g/mol. The summed E-state index contributed by atoms with van der Waals surface area (Å²) >= 11 is 0. The molecule has 5 aromatic heterocycles. The Bertz CT molecular complexity index is 4870. The van der Waals surface area contributed by atoms with E-state index in [0.29, 0.717) is 13.5 Å². The molecule has 0 unspecified atom stereocenters. The zero-order valence-corrected chi connectivity index (χ0v) is 58.8. The number of aromatic nitrogens is 8. The monoisotopic (exact) mass is 1300 g/mol. The van der Waals surface area contributed by atoms with Crippen molar-refractivity contribution in [3.8, 4) is 22.3 Å². The molecule has 0 aliphatic carbocycles. The Morgan fingerprint density at radius 3 is 1.33 bits per heavy atom. The van der Waals surface area contributed by atoms with Gasteiger partial charge in [-0.2, -0.15) is 15.3 Å². The Morgan fingerprint density at radius 2 is 0.854 bits per heavy atom. The lowest BCUT2D eigenvalue weighted by molar-refractivity contribution is 0.00578. The molecule has 6 heterocycles. The van der Waals surface area contributed by atoms with Crippen LogP contribution in [0.2, 0.25) is 51.4 Å². The minimum Gasteiger partial charge on any atom is -0.399 e. The van der Waals surface area contributed by atoms with Gasteiger partial charge < -0.3 is 18.8 Å². The minimum absolute atomic E-state index is 0.378. The topological polar surface area (TPSA) is 127 Å². The highest BCUT2D eigenvalue weighted by Gasteiger charge is 2.51. The number of hydrogen-bond donors (Lipinski definition) is 1. The maximum atomic E-state index is 6.30. The molecule has 1 fully saturated rings. The van der Waals surface area contributed by atoms with Crippen LogP contribution in [0.15, 0.2) is 219 Å². The number of aromatic amines is 1. The van der Waals surface area contributed by atoms with Crippen LogP contribution in [0.3, 0.4) is 0 Å². The van der Waals surface area contributed by atoms with Gasteiger partial charge in [0.25, 0.3) is 0 Å². The van der Waals surface area contributed by atoms with E-state index in [2.05, 4.69) is 269 Å². The Hall–Kier alpha value is -9.45. The van der Waals surface area contributed by atoms with Crippen molar-refractivity contribution in [2.45, 2.75) is 104 Å². The Kier molecular flexibility index (Phi) is 20.3. The molecule has 0 amide bonds. The molecule has 14 rings (SSSR count). The van der Waals surface area contributed by atoms with Crippen molar-refractivity contribution in [3.63, 3.8) is 0 Å². The van der Waals surface area contributed by atoms with Gasteiger partial charge in [0.15, 0.2) is 0 Å². The molecular formula is C81H85BN8O4Si2. The summed E-state index contributed by atoms with van der Waals surface area (Å²) in [5, 5.41) is 23.0. The number of hydrogen-bond acceptors (Lipinski definition) is 9. The van der Waals surface area contributed by atoms with E-state index < -0.39 is 23.3 Å². The summed E-state index contributed by atoms with van der Waals surface area (Å²) in [6.45, 7) is 25.0. The van der Waals surface area contributed by atoms with Crippen LogP contribution < -0.4 is 5.46 Å². The van der Waals surface area contributed by atoms with Crippen LogP contribution >= 0.6 is 0 Å². The summed E-state index contributed by atoms with van der Waals surface area (Å²) in [6, 6.07) is 73.2. The summed E-state index contributed by atoms with van der Waals surface area (Å²) in [5.41, 5.74) is 16.3. The van der Waals surface area contributed by atoms with Crippen molar-refractivity contribution in [1.82, 2.24) is 39.7 Å². The smallest absolute Gasteiger partial charge is 0.399 e. The lowest BCUT2D eigenvalue weighted by Gasteiger charge is -2.32. The molecule has 0 atom stereocenters. The van der Waals surface area contributed by atoms with Crippen molar-refractivity contribution in [2.75, 3.05) is 13.2 Å². The maximum absolute atomic E-state index is 6.30. The predicted octanol–water partition coefficient (Wildman–Crippen LogP) is 19.5. The van der Waals surface area contributed by atoms with E-state index in [1.165, 1.54) is 11.1 Å². The largest absolute Gasteiger partial charge is 0.494 e. The van der Waals surface area contributed by atoms with Gasteiger partial charge in [-0.1, -0.05) is 209 Å². The zero-order chi connectivity index (χ0) is 66.9. The van der Waals surface area contributed by atoms with Gasteiger partial charge in [0.1, 0.15) is 13.5 Å². The van der Waals surface area contributed by atoms with E-state index in [1.807, 2.05) is 82.4 Å². The number of para-hydroxylation sites is 2. The second kappa shape index (κ2) is 29.3. The molecule has 15 heteroatoms. The van der Waals surface area contributed by atoms with Gasteiger partial charge in [-0.3, -0.25) is 15.1 Å². The highest BCUT2D eigenvalue weighted by Crippen LogP contribution is 2.38. The van der Waals surface area contributed by atoms with Crippen molar-refractivity contribution in [1.29, 1.82) is 0 Å². The van der Waals surface area contributed by atoms with Crippen molar-refractivity contribution in [2.24, 2.45) is 0 Å². The molecule has 1 aliphatic heterocycles. The second-order valence-electron chi connectivity index (χ2n) is 27.9. The highest BCUT2D eigenvalue weighted by molar-refractivity contribution is 6.76. The van der Waals surface area contributed by atoms with E-state index >= 15 is 0 Å². The molecule has 0 bridgehead atoms. The van der Waals surface area contributed by atoms with Crippen molar-refractivity contribution >= 4 is 120 Å². The van der Waals surface area contributed by atoms with Crippen LogP contribution in [0.1, 0.15) is 61.5 Å². The maximum Gasteiger partial charge on any atom is 0.494 e. The first-order chi connectivity index (χ1) is 46.3. The van der Waals surface area contributed by atoms with Gasteiger partial charge in [-0.15, -0.1) is 0 Å². The molecule has 0 saturated carbocycles. The molecule has 1 aliphatic rings. The highest BCUT2D eigenvalue weighted by atomic mass is 28.3. The third-order valence-corrected chi connectivity index (χ3v) is 21.1. The van der Waals surface area contributed by atoms with E-state index in [1.54, 1.807) is 0 Å². The quantitative estimate of drug-likeness (QED) is 0.0622. The van der Waals surface area contributed by atoms with Gasteiger partial charge in [-0.25, -0.2) is 9.36 Å². The van der Waals surface area contributed by atoms with Crippen LogP contribution in [0.25, 0.3) is 113 Å². The number of ether oxygens (including phenoxy) is 2. The lowest BCUT2D eigenvalue weighted by atomic mass is 9.78. The van der Waals surface area contributed by atoms with Crippen molar-refractivity contribution in [3.05, 3.63) is 252 Å². The van der Waals surface area contributed by atoms with E-state index in [-0.39, 0.29) is 11.2 Å². The third-order valence-electron chi connectivity index (χ3n) is 17.7. The first kappa shape index (κ1) is 66.6. The van der Waals surface area contributed by atoms with E-state index in [0.717, 1.165) is 130 Å². The van der Waals surface area contributed by atoms with Crippen LogP contribution in [-0.2, 0) is 32.2 Å². The summed E-state index contributed by atoms with van der Waals surface area (Å²) < 4.78 is 28.6. The second-order valence-corrected chi connectivity index (χ2v) is 39.2. The minimum atomic E-state index is -1.13. The molecule has 12 nitrogen and oxygen atoms in total. The molecule has 0 spiro atoms. The third kappa shape index (κ3) is 16.3. The number of fused-ring (bicyclic) bond motifs is 5. The molecule has 96 heavy (non-hydrogen) atoms. The predicted molar refractivity (Wildman–Crippen MR) is 407 cm³/mol. The van der Waals surface area contributed by atoms with Crippen LogP contribution in [0.4, 0.5) is 0 Å². The summed E-state index contributed by atoms with van der Waals surface area (Å²) in [7, 11) is -2.67. The van der Waals surface area contributed by atoms with Crippen LogP contribution in [-0.4, -0.2) is 87.4 Å². The van der Waals surface area contributed by atoms with Crippen LogP contribution in [0.5, 0.6) is 0 Å². The molecule has 1 saturated heterocycles. The Morgan fingerprint density at radius 1 is 0.438 bits per heavy atom. The average molecular weight is 1300 g/mol. The molecule has 8 aromatic carbocycles. The molecule has 1 N–H and O–H groups in total. The number of H-pyrrole nitrogens is 1. The molecule has 0 radical (unpaired) electrons. The number of rotatable bonds is 19. The fourth-order valence-corrected chi connectivity index (χ4v) is 13.0. The van der Waals surface area contributed by atoms with Gasteiger partial charge in [0.05, 0.1) is 55.9 Å². The molecule has 484 valence electrons. The van der Waals surface area contributed by atoms with E-state index in [4.69, 9.17) is 29.0 Å². The van der Waals surface area contributed by atoms with Gasteiger partial charge in [-0.05, 0) is 157 Å². The molecule has 13 aromatic rings. The Labute approximate surface area is 566 Å². The standard InChI is InChI=1S/C30H31N3OSi.C27H37BN2O3Si.C24H17N3/c1-35(2,3)20-19-34-22-33-30-16-14-24(25-17-18-31-28-12-8-7-11-26(25)28)21-27(30)29(32-33)15-13-23-9-5-4-6-10-23;1-26(2)27(3,4)33-28(32-26)22-14-16-25-23(19-22)24(15-13-21-11-9-8-10-12-21)29-30(25)20-31-17-18-34(5,6)7;1-2-6-17(7-3-1)10-12-23-21-16-18(11-13-24(21)27-26-23)19-14-15-25-22-9-5-4-8-20(19)22/h4-18,21H,19-20,22H2,1-3H3;8-16,19H,17-18,20H2,1-7H3;1-16H,(H,26,27)/b2*15-13+;12-10+. The summed E-state index contributed by atoms with van der Waals surface area (Å²) in [5.74, 6) is 0. The van der Waals surface area contributed by atoms with Crippen molar-refractivity contribution < 1.29 is 18.8 Å². The Balaban J connectivity index is 0.000000139. The average Bonchev–Trinajstić information content (AvgIpc) is 1.63. The lowest BCUT2D eigenvalue weighted by Crippen LogP contribution is -2.41. The summed E-state index contributed by atoms with van der Waals surface area (Å²) in [4.78, 5) is 9.00. The fourth-order valence-electron chi connectivity index (χ4n) is 11.5. The fraction of sp³-hybridized carbons (Fsp3) is 0.222. The van der Waals surface area contributed by atoms with Gasteiger partial charge in [0, 0.05) is 68.7 Å². The van der Waals surface area contributed by atoms with E-state index in [9.17, 15) is 0 Å². The number of nitrogens with one attached hydrogen (secondary N) is 1.